The van der Waals surface area contributed by atoms with Gasteiger partial charge in [-0.05, 0) is 49.4 Å². The highest BCUT2D eigenvalue weighted by atomic mass is 32.2. The van der Waals surface area contributed by atoms with E-state index in [9.17, 15) is 18.0 Å². The number of aryl methyl sites for hydroxylation is 1. The van der Waals surface area contributed by atoms with Crippen LogP contribution in [0.3, 0.4) is 0 Å². The summed E-state index contributed by atoms with van der Waals surface area (Å²) >= 11 is 0.835. The zero-order valence-electron chi connectivity index (χ0n) is 15.1. The van der Waals surface area contributed by atoms with Crippen molar-refractivity contribution in [3.05, 3.63) is 87.9 Å². The second-order valence-electron chi connectivity index (χ2n) is 6.21. The zero-order chi connectivity index (χ0) is 20.6. The van der Waals surface area contributed by atoms with Crippen LogP contribution < -0.4 is 9.24 Å². The minimum Gasteiger partial charge on any atom is -0.414 e. The van der Waals surface area contributed by atoms with Gasteiger partial charge in [0.25, 0.3) is 15.9 Å². The minimum atomic E-state index is -4.22. The van der Waals surface area contributed by atoms with E-state index in [0.29, 0.717) is 10.3 Å². The van der Waals surface area contributed by atoms with Crippen molar-refractivity contribution < 1.29 is 17.6 Å². The number of carbonyl (C=O) groups is 1. The van der Waals surface area contributed by atoms with Gasteiger partial charge in [0, 0.05) is 18.0 Å². The molecule has 0 N–H and O–H groups in total. The third-order valence-corrected chi connectivity index (χ3v) is 6.73. The molecule has 0 saturated carbocycles. The smallest absolute Gasteiger partial charge is 0.396 e. The molecular formula is C20H14N2O5S2. The lowest BCUT2D eigenvalue weighted by Gasteiger charge is -2.23. The van der Waals surface area contributed by atoms with Crippen molar-refractivity contribution in [2.24, 2.45) is 0 Å². The number of aromatic nitrogens is 1. The second-order valence-corrected chi connectivity index (χ2v) is 8.97. The van der Waals surface area contributed by atoms with E-state index < -0.39 is 20.9 Å². The largest absolute Gasteiger partial charge is 0.414 e. The van der Waals surface area contributed by atoms with E-state index in [1.54, 1.807) is 12.1 Å². The maximum atomic E-state index is 13.4. The second kappa shape index (κ2) is 7.26. The number of fused-ring (bicyclic) bond motifs is 1. The highest BCUT2D eigenvalue weighted by Gasteiger charge is 2.32. The molecule has 1 amide bonds. The molecule has 0 spiro atoms. The van der Waals surface area contributed by atoms with Crippen molar-refractivity contribution >= 4 is 43.2 Å². The number of anilines is 1. The van der Waals surface area contributed by atoms with Gasteiger partial charge in [-0.2, -0.15) is 4.31 Å². The Morgan fingerprint density at radius 2 is 1.72 bits per heavy atom. The maximum Gasteiger partial charge on any atom is 0.396 e. The number of hydrogen-bond acceptors (Lipinski definition) is 7. The first-order valence-corrected chi connectivity index (χ1v) is 10.7. The standard InChI is InChI=1S/C20H14N2O5S2/c1-13-2-5-16(6-3-13)29(25,26)22(19(23)14-8-10-21-11-9-14)15-4-7-17-18(12-15)28-20(24)27-17/h2-12H,1H3. The van der Waals surface area contributed by atoms with Crippen LogP contribution in [0.25, 0.3) is 10.3 Å². The summed E-state index contributed by atoms with van der Waals surface area (Å²) in [6.07, 6.45) is 2.82. The summed E-state index contributed by atoms with van der Waals surface area (Å²) in [5, 5.41) is 0. The average Bonchev–Trinajstić information content (AvgIpc) is 3.08. The lowest BCUT2D eigenvalue weighted by atomic mass is 10.2. The molecule has 0 radical (unpaired) electrons. The molecule has 0 aliphatic carbocycles. The van der Waals surface area contributed by atoms with E-state index in [1.807, 2.05) is 6.92 Å². The van der Waals surface area contributed by atoms with E-state index >= 15 is 0 Å². The van der Waals surface area contributed by atoms with E-state index in [4.69, 9.17) is 4.42 Å². The monoisotopic (exact) mass is 426 g/mol. The molecule has 4 rings (SSSR count). The summed E-state index contributed by atoms with van der Waals surface area (Å²) in [5.74, 6) is -0.733. The van der Waals surface area contributed by atoms with Crippen molar-refractivity contribution in [3.8, 4) is 0 Å². The predicted octanol–water partition coefficient (Wildman–Crippen LogP) is 3.59. The molecule has 29 heavy (non-hydrogen) atoms. The molecule has 9 heteroatoms. The van der Waals surface area contributed by atoms with Crippen molar-refractivity contribution in [1.29, 1.82) is 0 Å². The van der Waals surface area contributed by atoms with E-state index in [1.165, 1.54) is 54.9 Å². The van der Waals surface area contributed by atoms with Crippen molar-refractivity contribution in [2.75, 3.05) is 4.31 Å². The van der Waals surface area contributed by atoms with Crippen LogP contribution in [0.5, 0.6) is 0 Å². The molecule has 0 bridgehead atoms. The first-order chi connectivity index (χ1) is 13.9. The highest BCUT2D eigenvalue weighted by molar-refractivity contribution is 7.93. The Kier molecular flexibility index (Phi) is 4.77. The number of hydrogen-bond donors (Lipinski definition) is 0. The van der Waals surface area contributed by atoms with Crippen LogP contribution in [0.1, 0.15) is 15.9 Å². The Bertz CT molecular complexity index is 1360. The number of benzene rings is 2. The van der Waals surface area contributed by atoms with Gasteiger partial charge in [0.15, 0.2) is 0 Å². The number of carbonyl (C=O) groups excluding carboxylic acids is 1. The van der Waals surface area contributed by atoms with Gasteiger partial charge in [-0.15, -0.1) is 0 Å². The Morgan fingerprint density at radius 1 is 1.03 bits per heavy atom. The van der Waals surface area contributed by atoms with Gasteiger partial charge >= 0.3 is 4.94 Å². The lowest BCUT2D eigenvalue weighted by Crippen LogP contribution is -2.37. The van der Waals surface area contributed by atoms with Crippen molar-refractivity contribution in [1.82, 2.24) is 4.98 Å². The fourth-order valence-corrected chi connectivity index (χ4v) is 4.89. The minimum absolute atomic E-state index is 0.0222. The maximum absolute atomic E-state index is 13.4. The molecule has 4 aromatic rings. The molecule has 0 saturated heterocycles. The highest BCUT2D eigenvalue weighted by Crippen LogP contribution is 2.30. The third kappa shape index (κ3) is 3.57. The summed E-state index contributed by atoms with van der Waals surface area (Å²) < 4.78 is 33.0. The van der Waals surface area contributed by atoms with Crippen LogP contribution in [0, 0.1) is 6.92 Å². The summed E-state index contributed by atoms with van der Waals surface area (Å²) in [7, 11) is -4.22. The summed E-state index contributed by atoms with van der Waals surface area (Å²) in [6, 6.07) is 13.5. The van der Waals surface area contributed by atoms with Gasteiger partial charge in [0.05, 0.1) is 15.3 Å². The molecule has 0 fully saturated rings. The molecule has 0 aliphatic heterocycles. The predicted molar refractivity (Wildman–Crippen MR) is 110 cm³/mol. The van der Waals surface area contributed by atoms with Gasteiger partial charge in [-0.3, -0.25) is 9.78 Å². The van der Waals surface area contributed by atoms with Gasteiger partial charge < -0.3 is 4.42 Å². The first-order valence-electron chi connectivity index (χ1n) is 8.46. The number of nitrogens with zero attached hydrogens (tertiary/aromatic N) is 2. The first kappa shape index (κ1) is 19.0. The molecular weight excluding hydrogens is 412 g/mol. The normalized spacial score (nSPS) is 11.5. The molecule has 0 atom stereocenters. The quantitative estimate of drug-likeness (QED) is 0.495. The molecule has 2 aromatic heterocycles. The molecule has 7 nitrogen and oxygen atoms in total. The van der Waals surface area contributed by atoms with Gasteiger partial charge in [-0.25, -0.2) is 13.2 Å². The average molecular weight is 426 g/mol. The SMILES string of the molecule is Cc1ccc(S(=O)(=O)N(C(=O)c2ccncc2)c2ccc3oc(=O)sc3c2)cc1. The van der Waals surface area contributed by atoms with E-state index in [2.05, 4.69) is 4.98 Å². The molecule has 2 aromatic carbocycles. The number of amides is 1. The topological polar surface area (TPSA) is 97.6 Å². The van der Waals surface area contributed by atoms with Gasteiger partial charge in [0.1, 0.15) is 5.58 Å². The van der Waals surface area contributed by atoms with Crippen molar-refractivity contribution in [3.63, 3.8) is 0 Å². The molecule has 2 heterocycles. The van der Waals surface area contributed by atoms with Crippen LogP contribution in [0.2, 0.25) is 0 Å². The Morgan fingerprint density at radius 3 is 2.41 bits per heavy atom. The van der Waals surface area contributed by atoms with E-state index in [0.717, 1.165) is 21.2 Å². The summed E-state index contributed by atoms with van der Waals surface area (Å²) in [5.41, 5.74) is 1.49. The van der Waals surface area contributed by atoms with Crippen LogP contribution in [-0.4, -0.2) is 19.3 Å². The van der Waals surface area contributed by atoms with Crippen molar-refractivity contribution in [2.45, 2.75) is 11.8 Å². The lowest BCUT2D eigenvalue weighted by molar-refractivity contribution is 0.101. The Labute approximate surface area is 169 Å². The fraction of sp³-hybridized carbons (Fsp3) is 0.0500. The third-order valence-electron chi connectivity index (χ3n) is 4.22. The van der Waals surface area contributed by atoms with Gasteiger partial charge in [0.2, 0.25) is 0 Å². The zero-order valence-corrected chi connectivity index (χ0v) is 16.7. The fourth-order valence-electron chi connectivity index (χ4n) is 2.78. The summed E-state index contributed by atoms with van der Waals surface area (Å²) in [4.78, 5) is 28.1. The number of rotatable bonds is 4. The summed E-state index contributed by atoms with van der Waals surface area (Å²) in [6.45, 7) is 1.84. The molecule has 0 unspecified atom stereocenters. The Hall–Kier alpha value is -3.30. The number of sulfonamides is 1. The molecule has 0 aliphatic rings. The van der Waals surface area contributed by atoms with Crippen LogP contribution >= 0.6 is 11.3 Å². The molecule has 146 valence electrons. The van der Waals surface area contributed by atoms with Crippen LogP contribution in [0.4, 0.5) is 5.69 Å². The Balaban J connectivity index is 1.91. The van der Waals surface area contributed by atoms with E-state index in [-0.39, 0.29) is 16.1 Å². The van der Waals surface area contributed by atoms with Gasteiger partial charge in [-0.1, -0.05) is 29.0 Å². The van der Waals surface area contributed by atoms with Crippen LogP contribution in [0.15, 0.2) is 81.1 Å². The van der Waals surface area contributed by atoms with Crippen LogP contribution in [-0.2, 0) is 10.0 Å². The number of pyridine rings is 1.